The van der Waals surface area contributed by atoms with Gasteiger partial charge in [0.25, 0.3) is 0 Å². The minimum absolute atomic E-state index is 0.253. The Hall–Kier alpha value is -0.0500. The Balaban J connectivity index is 2.27. The minimum Gasteiger partial charge on any atom is -0.353 e. The number of rotatable bonds is 7. The molecule has 0 aliphatic heterocycles. The average Bonchev–Trinajstić information content (AvgIpc) is 2.37. The lowest BCUT2D eigenvalue weighted by molar-refractivity contribution is -0.122. The van der Waals surface area contributed by atoms with Crippen molar-refractivity contribution in [2.24, 2.45) is 5.92 Å². The summed E-state index contributed by atoms with van der Waals surface area (Å²) < 4.78 is 0. The predicted octanol–water partition coefficient (Wildman–Crippen LogP) is 4.03. The molecular formula is C14H26BrNO. The fraction of sp³-hybridized carbons (Fsp3) is 0.929. The summed E-state index contributed by atoms with van der Waals surface area (Å²) in [5, 5.41) is 4.24. The van der Waals surface area contributed by atoms with Crippen molar-refractivity contribution in [1.29, 1.82) is 0 Å². The number of carbonyl (C=O) groups excluding carboxylic acids is 1. The van der Waals surface area contributed by atoms with Crippen molar-refractivity contribution in [1.82, 2.24) is 5.32 Å². The maximum absolute atomic E-state index is 11.8. The van der Waals surface area contributed by atoms with Crippen molar-refractivity contribution in [3.8, 4) is 0 Å². The highest BCUT2D eigenvalue weighted by Crippen LogP contribution is 2.27. The maximum atomic E-state index is 11.8. The second-order valence-electron chi connectivity index (χ2n) is 5.13. The molecule has 0 aromatic heterocycles. The molecule has 0 heterocycles. The highest BCUT2D eigenvalue weighted by atomic mass is 79.9. The number of halogens is 1. The number of hydrogen-bond acceptors (Lipinski definition) is 1. The van der Waals surface area contributed by atoms with Crippen molar-refractivity contribution < 1.29 is 4.79 Å². The van der Waals surface area contributed by atoms with Crippen LogP contribution in [0.15, 0.2) is 0 Å². The molecule has 1 unspecified atom stereocenters. The SMILES string of the molecule is CCC(NC(=O)CCCCBr)C1CCCCC1. The summed E-state index contributed by atoms with van der Waals surface area (Å²) >= 11 is 3.39. The molecule has 0 saturated heterocycles. The van der Waals surface area contributed by atoms with Gasteiger partial charge in [-0.25, -0.2) is 0 Å². The summed E-state index contributed by atoms with van der Waals surface area (Å²) in [6, 6.07) is 0.423. The number of alkyl halides is 1. The van der Waals surface area contributed by atoms with E-state index in [-0.39, 0.29) is 5.91 Å². The van der Waals surface area contributed by atoms with E-state index in [4.69, 9.17) is 0 Å². The highest BCUT2D eigenvalue weighted by Gasteiger charge is 2.23. The monoisotopic (exact) mass is 303 g/mol. The Kier molecular flexibility index (Phi) is 7.91. The predicted molar refractivity (Wildman–Crippen MR) is 76.4 cm³/mol. The first kappa shape index (κ1) is 15.0. The molecule has 0 bridgehead atoms. The Morgan fingerprint density at radius 1 is 1.29 bits per heavy atom. The molecule has 1 aliphatic rings. The number of unbranched alkanes of at least 4 members (excludes halogenated alkanes) is 1. The van der Waals surface area contributed by atoms with Crippen LogP contribution in [0.1, 0.15) is 64.7 Å². The van der Waals surface area contributed by atoms with Gasteiger partial charge >= 0.3 is 0 Å². The normalized spacial score (nSPS) is 18.9. The molecule has 1 aliphatic carbocycles. The molecule has 1 amide bonds. The highest BCUT2D eigenvalue weighted by molar-refractivity contribution is 9.09. The van der Waals surface area contributed by atoms with Crippen LogP contribution in [0.3, 0.4) is 0 Å². The van der Waals surface area contributed by atoms with E-state index in [9.17, 15) is 4.79 Å². The van der Waals surface area contributed by atoms with Gasteiger partial charge in [0.1, 0.15) is 0 Å². The molecule has 17 heavy (non-hydrogen) atoms. The first-order valence-electron chi connectivity index (χ1n) is 7.13. The third-order valence-electron chi connectivity index (χ3n) is 3.79. The molecule has 3 heteroatoms. The summed E-state index contributed by atoms with van der Waals surface area (Å²) in [4.78, 5) is 11.8. The largest absolute Gasteiger partial charge is 0.353 e. The van der Waals surface area contributed by atoms with Gasteiger partial charge in [0, 0.05) is 17.8 Å². The van der Waals surface area contributed by atoms with E-state index in [0.717, 1.165) is 30.5 Å². The van der Waals surface area contributed by atoms with Gasteiger partial charge in [-0.05, 0) is 38.0 Å². The molecule has 1 N–H and O–H groups in total. The number of nitrogens with one attached hydrogen (secondary N) is 1. The Bertz CT molecular complexity index is 214. The maximum Gasteiger partial charge on any atom is 0.220 e. The van der Waals surface area contributed by atoms with Crippen LogP contribution >= 0.6 is 15.9 Å². The molecular weight excluding hydrogens is 278 g/mol. The third kappa shape index (κ3) is 5.89. The summed E-state index contributed by atoms with van der Waals surface area (Å²) in [6.07, 6.45) is 10.5. The van der Waals surface area contributed by atoms with E-state index in [0.29, 0.717) is 12.5 Å². The van der Waals surface area contributed by atoms with Gasteiger partial charge in [0.2, 0.25) is 5.91 Å². The molecule has 1 saturated carbocycles. The van der Waals surface area contributed by atoms with Crippen LogP contribution in [0.25, 0.3) is 0 Å². The van der Waals surface area contributed by atoms with Crippen molar-refractivity contribution in [3.05, 3.63) is 0 Å². The zero-order chi connectivity index (χ0) is 12.5. The van der Waals surface area contributed by atoms with Crippen molar-refractivity contribution >= 4 is 21.8 Å². The Labute approximate surface area is 114 Å². The van der Waals surface area contributed by atoms with Gasteiger partial charge in [-0.15, -0.1) is 0 Å². The van der Waals surface area contributed by atoms with E-state index in [1.165, 1.54) is 32.1 Å². The Morgan fingerprint density at radius 3 is 2.59 bits per heavy atom. The summed E-state index contributed by atoms with van der Waals surface area (Å²) in [5.41, 5.74) is 0. The van der Waals surface area contributed by atoms with Crippen molar-refractivity contribution in [2.45, 2.75) is 70.8 Å². The number of hydrogen-bond donors (Lipinski definition) is 1. The van der Waals surface area contributed by atoms with Gasteiger partial charge in [0.15, 0.2) is 0 Å². The fourth-order valence-electron chi connectivity index (χ4n) is 2.75. The number of amides is 1. The zero-order valence-electron chi connectivity index (χ0n) is 11.0. The Morgan fingerprint density at radius 2 is 2.00 bits per heavy atom. The van der Waals surface area contributed by atoms with E-state index < -0.39 is 0 Å². The summed E-state index contributed by atoms with van der Waals surface area (Å²) in [5.74, 6) is 0.984. The first-order valence-corrected chi connectivity index (χ1v) is 8.25. The van der Waals surface area contributed by atoms with Crippen LogP contribution in [0.2, 0.25) is 0 Å². The van der Waals surface area contributed by atoms with Gasteiger partial charge in [0.05, 0.1) is 0 Å². The van der Waals surface area contributed by atoms with E-state index in [2.05, 4.69) is 28.2 Å². The number of carbonyl (C=O) groups is 1. The lowest BCUT2D eigenvalue weighted by Crippen LogP contribution is -2.40. The summed E-state index contributed by atoms with van der Waals surface area (Å²) in [6.45, 7) is 2.19. The quantitative estimate of drug-likeness (QED) is 0.558. The second-order valence-corrected chi connectivity index (χ2v) is 5.92. The topological polar surface area (TPSA) is 29.1 Å². The molecule has 0 radical (unpaired) electrons. The smallest absolute Gasteiger partial charge is 0.220 e. The van der Waals surface area contributed by atoms with Crippen molar-refractivity contribution in [3.63, 3.8) is 0 Å². The van der Waals surface area contributed by atoms with Gasteiger partial charge < -0.3 is 5.32 Å². The van der Waals surface area contributed by atoms with Crippen LogP contribution in [0.5, 0.6) is 0 Å². The standard InChI is InChI=1S/C14H26BrNO/c1-2-13(12-8-4-3-5-9-12)16-14(17)10-6-7-11-15/h12-13H,2-11H2,1H3,(H,16,17). The molecule has 0 aromatic carbocycles. The van der Waals surface area contributed by atoms with Crippen LogP contribution < -0.4 is 5.32 Å². The van der Waals surface area contributed by atoms with Crippen LogP contribution in [-0.2, 0) is 4.79 Å². The zero-order valence-corrected chi connectivity index (χ0v) is 12.6. The fourth-order valence-corrected chi connectivity index (χ4v) is 3.15. The van der Waals surface area contributed by atoms with E-state index >= 15 is 0 Å². The first-order chi connectivity index (χ1) is 8.27. The summed E-state index contributed by atoms with van der Waals surface area (Å²) in [7, 11) is 0. The van der Waals surface area contributed by atoms with E-state index in [1.807, 2.05) is 0 Å². The molecule has 1 rings (SSSR count). The van der Waals surface area contributed by atoms with Crippen LogP contribution in [0.4, 0.5) is 0 Å². The second kappa shape index (κ2) is 8.96. The molecule has 1 atom stereocenters. The molecule has 1 fully saturated rings. The van der Waals surface area contributed by atoms with Crippen LogP contribution in [0, 0.1) is 5.92 Å². The van der Waals surface area contributed by atoms with Gasteiger partial charge in [-0.1, -0.05) is 42.1 Å². The molecule has 0 spiro atoms. The molecule has 100 valence electrons. The van der Waals surface area contributed by atoms with Crippen molar-refractivity contribution in [2.75, 3.05) is 5.33 Å². The van der Waals surface area contributed by atoms with Gasteiger partial charge in [-0.2, -0.15) is 0 Å². The van der Waals surface area contributed by atoms with Gasteiger partial charge in [-0.3, -0.25) is 4.79 Å². The lowest BCUT2D eigenvalue weighted by Gasteiger charge is -2.30. The molecule has 2 nitrogen and oxygen atoms in total. The third-order valence-corrected chi connectivity index (χ3v) is 4.35. The van der Waals surface area contributed by atoms with E-state index in [1.54, 1.807) is 0 Å². The lowest BCUT2D eigenvalue weighted by atomic mass is 9.83. The van der Waals surface area contributed by atoms with Crippen LogP contribution in [-0.4, -0.2) is 17.3 Å². The average molecular weight is 304 g/mol. The molecule has 0 aromatic rings. The minimum atomic E-state index is 0.253.